The summed E-state index contributed by atoms with van der Waals surface area (Å²) in [4.78, 5) is 125. The van der Waals surface area contributed by atoms with Crippen molar-refractivity contribution in [2.24, 2.45) is 0 Å². The number of hydrogen-bond donors (Lipinski definition) is 2. The van der Waals surface area contributed by atoms with Gasteiger partial charge in [-0.3, -0.25) is 43.5 Å². The maximum absolute atomic E-state index is 14.0. The van der Waals surface area contributed by atoms with E-state index in [2.05, 4.69) is 10.6 Å². The third-order valence-electron chi connectivity index (χ3n) is 11.1. The van der Waals surface area contributed by atoms with Gasteiger partial charge < -0.3 is 35.0 Å². The maximum atomic E-state index is 14.0. The van der Waals surface area contributed by atoms with E-state index in [1.807, 2.05) is 0 Å². The summed E-state index contributed by atoms with van der Waals surface area (Å²) in [7, 11) is 1.73. The fraction of sp³-hybridized carbons (Fsp3) is 0.757. The van der Waals surface area contributed by atoms with Crippen molar-refractivity contribution in [1.29, 1.82) is 0 Å². The second kappa shape index (κ2) is 19.8. The Morgan fingerprint density at radius 2 is 1.09 bits per heavy atom. The first-order valence-corrected chi connectivity index (χ1v) is 18.8. The average molecular weight is 870 g/mol. The van der Waals surface area contributed by atoms with Gasteiger partial charge in [0.15, 0.2) is 5.78 Å². The van der Waals surface area contributed by atoms with E-state index in [4.69, 9.17) is 8.22 Å². The van der Waals surface area contributed by atoms with E-state index in [1.165, 1.54) is 21.0 Å². The van der Waals surface area contributed by atoms with E-state index in [-0.39, 0.29) is 110 Å². The molecule has 0 bridgehead atoms. The Hall–Kier alpha value is -3.51. The molecule has 305 valence electrons. The summed E-state index contributed by atoms with van der Waals surface area (Å²) in [6.07, 6.45) is -3.55. The van der Waals surface area contributed by atoms with Crippen LogP contribution >= 0.6 is 0 Å². The van der Waals surface area contributed by atoms with Crippen LogP contribution in [0.2, 0.25) is 0 Å². The van der Waals surface area contributed by atoms with Gasteiger partial charge in [-0.05, 0) is 84.1 Å². The van der Waals surface area contributed by atoms with Gasteiger partial charge in [0.25, 0.3) is 0 Å². The first-order valence-electron chi connectivity index (χ1n) is 22.3. The van der Waals surface area contributed by atoms with Crippen molar-refractivity contribution >= 4 is 53.5 Å². The summed E-state index contributed by atoms with van der Waals surface area (Å²) in [5.41, 5.74) is 0. The molecule has 0 aromatic carbocycles. The molecule has 11 atom stereocenters. The van der Waals surface area contributed by atoms with Crippen molar-refractivity contribution in [2.45, 2.75) is 114 Å². The van der Waals surface area contributed by atoms with Crippen molar-refractivity contribution in [1.82, 2.24) is 45.2 Å². The molecule has 8 amide bonds. The Labute approximate surface area is 360 Å². The van der Waals surface area contributed by atoms with E-state index in [0.29, 0.717) is 13.0 Å². The van der Waals surface area contributed by atoms with E-state index >= 15 is 0 Å². The summed E-state index contributed by atoms with van der Waals surface area (Å²) in [5.74, 6) is -4.14. The zero-order valence-electron chi connectivity index (χ0n) is 37.5. The molecule has 6 rings (SSSR count). The molecule has 6 saturated heterocycles. The summed E-state index contributed by atoms with van der Waals surface area (Å²) in [6, 6.07) is -5.73. The number of urea groups is 1. The number of rotatable bonds is 12. The topological polar surface area (TPSA) is 200 Å². The van der Waals surface area contributed by atoms with Crippen molar-refractivity contribution in [3.8, 4) is 0 Å². The summed E-state index contributed by atoms with van der Waals surface area (Å²) < 4.78 is 49.5. The van der Waals surface area contributed by atoms with Gasteiger partial charge in [0.05, 0.1) is 18.6 Å². The van der Waals surface area contributed by atoms with Crippen LogP contribution < -0.4 is 10.6 Å². The Balaban J connectivity index is 0.00000726. The zero-order valence-corrected chi connectivity index (χ0v) is 34.4. The molecule has 0 aliphatic carbocycles. The smallest absolute Gasteiger partial charge is 0.339 e. The van der Waals surface area contributed by atoms with Gasteiger partial charge in [0.1, 0.15) is 18.1 Å². The van der Waals surface area contributed by atoms with Crippen LogP contribution in [0, 0.1) is 0 Å². The summed E-state index contributed by atoms with van der Waals surface area (Å²) in [5, 5.41) is 6.93. The molecule has 0 aromatic heterocycles. The molecule has 0 aromatic rings. The molecule has 19 heteroatoms. The van der Waals surface area contributed by atoms with Gasteiger partial charge >= 0.3 is 6.03 Å². The number of likely N-dealkylation sites (N-methyl/N-ethyl adjacent to an activating group) is 1. The number of carbonyl (C=O) groups is 8. The normalized spacial score (nSPS) is 35.8. The van der Waals surface area contributed by atoms with E-state index in [1.54, 1.807) is 11.9 Å². The van der Waals surface area contributed by atoms with E-state index in [9.17, 15) is 43.2 Å². The Morgan fingerprint density at radius 3 is 1.71 bits per heavy atom. The van der Waals surface area contributed by atoms with E-state index < -0.39 is 129 Å². The predicted molar refractivity (Wildman–Crippen MR) is 194 cm³/mol. The minimum Gasteiger partial charge on any atom is -0.540 e. The molecule has 11 unspecified atom stereocenters. The number of ketones is 1. The van der Waals surface area contributed by atoms with Gasteiger partial charge in [0, 0.05) is 93.0 Å². The quantitative estimate of drug-likeness (QED) is 0.224. The molecular formula is C37H54N9O9Y-. The van der Waals surface area contributed by atoms with Crippen molar-refractivity contribution < 1.29 is 84.1 Å². The molecule has 18 nitrogen and oxygen atoms in total. The maximum Gasteiger partial charge on any atom is 0.339 e. The molecule has 0 saturated carbocycles. The average Bonchev–Trinajstić information content (AvgIpc) is 4.08. The third-order valence-corrected chi connectivity index (χ3v) is 11.1. The standard InChI is InChI=1S/C37H54N9O9.Y/c1-40-16-2-11-28(40)35(53)42-18-5-10-27(42)34(52)39-24-32(50)41-17-3-8-25(41)30(48)13-14-31(49)45-21-7-22-46(45)37(55)44-20-6-12-29(44)36(54)43-19-4-9-26(43)33(51)38-15-23-47;/h25-29H,2-22,24H2,1H3,(H,38,51)(H,39,52);/q-1;/i2T,3T,4T,5T,6T,7T;. The number of carbonyl (C=O) groups excluding carboxylic acids is 9. The molecule has 6 aliphatic rings. The molecule has 1 radical (unpaired) electrons. The molecule has 0 spiro atoms. The van der Waals surface area contributed by atoms with Crippen LogP contribution in [0.1, 0.15) is 91.6 Å². The Kier molecular flexibility index (Phi) is 12.6. The minimum atomic E-state index is -1.20. The second-order valence-corrected chi connectivity index (χ2v) is 14.5. The number of hydrogen-bond acceptors (Lipinski definition) is 10. The van der Waals surface area contributed by atoms with Crippen LogP contribution in [0.4, 0.5) is 4.79 Å². The largest absolute Gasteiger partial charge is 0.540 e. The molecular weight excluding hydrogens is 803 g/mol. The van der Waals surface area contributed by atoms with Crippen molar-refractivity contribution in [3.63, 3.8) is 0 Å². The fourth-order valence-electron chi connectivity index (χ4n) is 8.14. The van der Waals surface area contributed by atoms with Crippen LogP contribution in [0.5, 0.6) is 0 Å². The first-order chi connectivity index (χ1) is 28.9. The summed E-state index contributed by atoms with van der Waals surface area (Å²) in [6.45, 7) is -1.31. The Morgan fingerprint density at radius 1 is 0.571 bits per heavy atom. The first kappa shape index (κ1) is 35.6. The number of nitrogens with zero attached hydrogens (tertiary/aromatic N) is 7. The van der Waals surface area contributed by atoms with Crippen LogP contribution in [0.25, 0.3) is 0 Å². The molecule has 2 N–H and O–H groups in total. The number of hydrazine groups is 1. The Bertz CT molecular complexity index is 1780. The second-order valence-electron chi connectivity index (χ2n) is 14.5. The van der Waals surface area contributed by atoms with Crippen molar-refractivity contribution in [3.05, 3.63) is 0 Å². The molecule has 56 heavy (non-hydrogen) atoms. The van der Waals surface area contributed by atoms with Crippen LogP contribution in [-0.2, 0) is 71.1 Å². The summed E-state index contributed by atoms with van der Waals surface area (Å²) >= 11 is 0. The molecule has 6 aliphatic heterocycles. The fourth-order valence-corrected chi connectivity index (χ4v) is 8.14. The SMILES string of the molecule is [3H]C1CC(C(=O)N2CC([3H])CC2C(=O)NCC(=O)N2CC([3H])CC2C(=O)CCC(=O)N2CC([3H])CN2C(=O)N2CC([3H])CC2C(=O)N2CC([3H])CC2C(=O)NC[C-]=O)N(C)C1.[Y]. The molecule has 6 fully saturated rings. The van der Waals surface area contributed by atoms with Crippen LogP contribution in [0.3, 0.4) is 0 Å². The number of likely N-dealkylation sites (tertiary alicyclic amines) is 5. The van der Waals surface area contributed by atoms with Gasteiger partial charge in [-0.1, -0.05) is 6.54 Å². The van der Waals surface area contributed by atoms with E-state index in [0.717, 1.165) is 14.9 Å². The van der Waals surface area contributed by atoms with Gasteiger partial charge in [-0.15, -0.1) is 0 Å². The number of nitrogens with one attached hydrogen (secondary N) is 2. The number of Topliss-reactive ketones (excluding diaryl/α,β-unsaturated/α-hetero) is 1. The van der Waals surface area contributed by atoms with Crippen LogP contribution in [0.15, 0.2) is 0 Å². The minimum absolute atomic E-state index is 0. The van der Waals surface area contributed by atoms with Gasteiger partial charge in [0.2, 0.25) is 35.4 Å². The van der Waals surface area contributed by atoms with Gasteiger partial charge in [-0.2, -0.15) is 0 Å². The van der Waals surface area contributed by atoms with Crippen LogP contribution in [-0.4, -0.2) is 184 Å². The number of amides is 8. The predicted octanol–water partition coefficient (Wildman–Crippen LogP) is -1.22. The zero-order chi connectivity index (χ0) is 44.4. The van der Waals surface area contributed by atoms with Gasteiger partial charge in [-0.25, -0.2) is 16.1 Å². The third kappa shape index (κ3) is 9.44. The van der Waals surface area contributed by atoms with Crippen molar-refractivity contribution in [2.75, 3.05) is 66.0 Å². The monoisotopic (exact) mass is 869 g/mol. The molecule has 6 heterocycles.